The minimum absolute atomic E-state index is 0.0670. The Morgan fingerprint density at radius 2 is 2.15 bits per heavy atom. The van der Waals surface area contributed by atoms with E-state index in [4.69, 9.17) is 9.47 Å². The summed E-state index contributed by atoms with van der Waals surface area (Å²) in [6.45, 7) is 3.55. The lowest BCUT2D eigenvalue weighted by molar-refractivity contribution is -0.141. The van der Waals surface area contributed by atoms with E-state index in [9.17, 15) is 13.2 Å². The molecule has 1 aliphatic rings. The summed E-state index contributed by atoms with van der Waals surface area (Å²) in [7, 11) is 1.64. The lowest BCUT2D eigenvalue weighted by Gasteiger charge is -2.13. The van der Waals surface area contributed by atoms with E-state index in [1.54, 1.807) is 7.05 Å². The molecule has 0 spiro atoms. The molecule has 152 valence electrons. The number of nitrogens with one attached hydrogen (secondary N) is 3. The third-order valence-corrected chi connectivity index (χ3v) is 3.73. The molecule has 0 bridgehead atoms. The molecule has 0 aliphatic carbocycles. The molecule has 8 nitrogen and oxygen atoms in total. The minimum Gasteiger partial charge on any atom is -0.379 e. The fraction of sp³-hybridized carbons (Fsp3) is 0.688. The van der Waals surface area contributed by atoms with Crippen LogP contribution in [0.2, 0.25) is 0 Å². The van der Waals surface area contributed by atoms with Crippen molar-refractivity contribution in [1.29, 1.82) is 0 Å². The molecule has 0 amide bonds. The first-order valence-corrected chi connectivity index (χ1v) is 8.77. The molecule has 2 rings (SSSR count). The highest BCUT2D eigenvalue weighted by molar-refractivity contribution is 5.79. The van der Waals surface area contributed by atoms with Gasteiger partial charge < -0.3 is 25.4 Å². The van der Waals surface area contributed by atoms with Crippen LogP contribution in [-0.2, 0) is 15.7 Å². The summed E-state index contributed by atoms with van der Waals surface area (Å²) in [5.41, 5.74) is -0.975. The molecule has 1 fully saturated rings. The van der Waals surface area contributed by atoms with Gasteiger partial charge in [0.1, 0.15) is 5.69 Å². The van der Waals surface area contributed by atoms with Gasteiger partial charge in [0.2, 0.25) is 5.95 Å². The van der Waals surface area contributed by atoms with Crippen molar-refractivity contribution in [3.05, 3.63) is 18.0 Å². The molecule has 1 aromatic heterocycles. The van der Waals surface area contributed by atoms with Crippen LogP contribution in [0.5, 0.6) is 0 Å². The maximum atomic E-state index is 12.6. The first kappa shape index (κ1) is 21.2. The first-order valence-electron chi connectivity index (χ1n) is 8.77. The molecule has 0 saturated carbocycles. The Morgan fingerprint density at radius 1 is 1.33 bits per heavy atom. The quantitative estimate of drug-likeness (QED) is 0.332. The first-order chi connectivity index (χ1) is 13.0. The lowest BCUT2D eigenvalue weighted by atomic mass is 10.3. The number of guanidine groups is 1. The van der Waals surface area contributed by atoms with Gasteiger partial charge in [-0.2, -0.15) is 13.2 Å². The number of nitrogens with zero attached hydrogens (tertiary/aromatic N) is 3. The number of anilines is 1. The number of ether oxygens (including phenoxy) is 2. The Labute approximate surface area is 156 Å². The molecule has 1 atom stereocenters. The SMILES string of the molecule is CN=C(NCCCOC1CCOC1)NCCNc1nccc(C(F)(F)F)n1. The molecule has 1 saturated heterocycles. The molecule has 0 aromatic carbocycles. The van der Waals surface area contributed by atoms with Gasteiger partial charge in [-0.25, -0.2) is 9.97 Å². The van der Waals surface area contributed by atoms with E-state index < -0.39 is 11.9 Å². The van der Waals surface area contributed by atoms with Crippen molar-refractivity contribution in [1.82, 2.24) is 20.6 Å². The molecule has 0 radical (unpaired) electrons. The monoisotopic (exact) mass is 390 g/mol. The number of aromatic nitrogens is 2. The van der Waals surface area contributed by atoms with Crippen LogP contribution in [0.25, 0.3) is 0 Å². The van der Waals surface area contributed by atoms with E-state index in [2.05, 4.69) is 30.9 Å². The van der Waals surface area contributed by atoms with Gasteiger partial charge in [-0.15, -0.1) is 0 Å². The van der Waals surface area contributed by atoms with Crippen molar-refractivity contribution in [3.8, 4) is 0 Å². The maximum absolute atomic E-state index is 12.6. The smallest absolute Gasteiger partial charge is 0.379 e. The van der Waals surface area contributed by atoms with Crippen molar-refractivity contribution in [3.63, 3.8) is 0 Å². The third-order valence-electron chi connectivity index (χ3n) is 3.73. The predicted octanol–water partition coefficient (Wildman–Crippen LogP) is 1.27. The van der Waals surface area contributed by atoms with Crippen LogP contribution in [0.3, 0.4) is 0 Å². The second kappa shape index (κ2) is 10.9. The highest BCUT2D eigenvalue weighted by Gasteiger charge is 2.32. The van der Waals surface area contributed by atoms with Gasteiger partial charge in [-0.3, -0.25) is 4.99 Å². The van der Waals surface area contributed by atoms with Gasteiger partial charge in [-0.05, 0) is 18.9 Å². The van der Waals surface area contributed by atoms with E-state index in [-0.39, 0.29) is 12.1 Å². The summed E-state index contributed by atoms with van der Waals surface area (Å²) in [6, 6.07) is 0.832. The van der Waals surface area contributed by atoms with Gasteiger partial charge >= 0.3 is 6.18 Å². The number of halogens is 3. The topological polar surface area (TPSA) is 92.7 Å². The van der Waals surface area contributed by atoms with Crippen LogP contribution in [-0.4, -0.2) is 68.5 Å². The largest absolute Gasteiger partial charge is 0.433 e. The summed E-state index contributed by atoms with van der Waals surface area (Å²) in [5, 5.41) is 8.94. The molecule has 1 aliphatic heterocycles. The molecule has 27 heavy (non-hydrogen) atoms. The number of hydrogen-bond donors (Lipinski definition) is 3. The van der Waals surface area contributed by atoms with Gasteiger partial charge in [0, 0.05) is 46.1 Å². The second-order valence-corrected chi connectivity index (χ2v) is 5.83. The zero-order chi connectivity index (χ0) is 19.5. The Hall–Kier alpha value is -2.14. The Bertz CT molecular complexity index is 594. The molecular formula is C16H25F3N6O2. The molecule has 1 aromatic rings. The lowest BCUT2D eigenvalue weighted by Crippen LogP contribution is -2.40. The minimum atomic E-state index is -4.49. The molecule has 11 heteroatoms. The van der Waals surface area contributed by atoms with E-state index in [1.165, 1.54) is 0 Å². The fourth-order valence-electron chi connectivity index (χ4n) is 2.35. The molecular weight excluding hydrogens is 365 g/mol. The van der Waals surface area contributed by atoms with Crippen molar-refractivity contribution in [2.75, 3.05) is 51.8 Å². The Balaban J connectivity index is 1.58. The van der Waals surface area contributed by atoms with Crippen LogP contribution in [0.1, 0.15) is 18.5 Å². The normalized spacial score (nSPS) is 17.8. The zero-order valence-corrected chi connectivity index (χ0v) is 15.2. The highest BCUT2D eigenvalue weighted by Crippen LogP contribution is 2.27. The average Bonchev–Trinajstić information content (AvgIpc) is 3.16. The van der Waals surface area contributed by atoms with Crippen molar-refractivity contribution in [2.45, 2.75) is 25.1 Å². The summed E-state index contributed by atoms with van der Waals surface area (Å²) in [5.74, 6) is 0.536. The van der Waals surface area contributed by atoms with Crippen molar-refractivity contribution >= 4 is 11.9 Å². The summed E-state index contributed by atoms with van der Waals surface area (Å²) >= 11 is 0. The van der Waals surface area contributed by atoms with Crippen molar-refractivity contribution < 1.29 is 22.6 Å². The maximum Gasteiger partial charge on any atom is 0.433 e. The van der Waals surface area contributed by atoms with Crippen LogP contribution >= 0.6 is 0 Å². The predicted molar refractivity (Wildman–Crippen MR) is 94.7 cm³/mol. The highest BCUT2D eigenvalue weighted by atomic mass is 19.4. The van der Waals surface area contributed by atoms with Crippen LogP contribution in [0, 0.1) is 0 Å². The van der Waals surface area contributed by atoms with E-state index in [0.29, 0.717) is 38.8 Å². The van der Waals surface area contributed by atoms with E-state index >= 15 is 0 Å². The summed E-state index contributed by atoms with van der Waals surface area (Å²) in [6.07, 6.45) is -1.44. The van der Waals surface area contributed by atoms with Crippen LogP contribution < -0.4 is 16.0 Å². The average molecular weight is 390 g/mol. The second-order valence-electron chi connectivity index (χ2n) is 5.83. The summed E-state index contributed by atoms with van der Waals surface area (Å²) in [4.78, 5) is 11.3. The van der Waals surface area contributed by atoms with Crippen molar-refractivity contribution in [2.24, 2.45) is 4.99 Å². The third kappa shape index (κ3) is 7.95. The van der Waals surface area contributed by atoms with E-state index in [0.717, 1.165) is 31.7 Å². The standard InChI is InChI=1S/C16H25F3N6O2/c1-20-14(21-5-2-9-27-12-4-10-26-11-12)23-7-8-24-15-22-6-3-13(25-15)16(17,18)19/h3,6,12H,2,4-5,7-11H2,1H3,(H2,20,21,23)(H,22,24,25). The number of alkyl halides is 3. The Kier molecular flexibility index (Phi) is 8.52. The Morgan fingerprint density at radius 3 is 2.85 bits per heavy atom. The fourth-order valence-corrected chi connectivity index (χ4v) is 2.35. The zero-order valence-electron chi connectivity index (χ0n) is 15.2. The van der Waals surface area contributed by atoms with Gasteiger partial charge in [0.15, 0.2) is 5.96 Å². The van der Waals surface area contributed by atoms with Gasteiger partial charge in [0.05, 0.1) is 12.7 Å². The molecule has 1 unspecified atom stereocenters. The van der Waals surface area contributed by atoms with E-state index in [1.807, 2.05) is 0 Å². The number of rotatable bonds is 9. The molecule has 2 heterocycles. The molecule has 3 N–H and O–H groups in total. The van der Waals surface area contributed by atoms with Gasteiger partial charge in [-0.1, -0.05) is 0 Å². The number of hydrogen-bond acceptors (Lipinski definition) is 6. The van der Waals surface area contributed by atoms with Gasteiger partial charge in [0.25, 0.3) is 0 Å². The summed E-state index contributed by atoms with van der Waals surface area (Å²) < 4.78 is 48.7. The van der Waals surface area contributed by atoms with Crippen LogP contribution in [0.4, 0.5) is 19.1 Å². The van der Waals surface area contributed by atoms with Crippen LogP contribution in [0.15, 0.2) is 17.3 Å². The number of aliphatic imine (C=N–C) groups is 1.